The van der Waals surface area contributed by atoms with Gasteiger partial charge in [0.25, 0.3) is 5.91 Å². The molecule has 0 N–H and O–H groups in total. The molecule has 4 aliphatic rings. The molecule has 1 amide bonds. The summed E-state index contributed by atoms with van der Waals surface area (Å²) in [6, 6.07) is 12.4. The fourth-order valence-electron chi connectivity index (χ4n) is 5.93. The van der Waals surface area contributed by atoms with Crippen LogP contribution in [0, 0.1) is 0 Å². The van der Waals surface area contributed by atoms with Crippen LogP contribution in [0.4, 0.5) is 0 Å². The maximum absolute atomic E-state index is 13.3. The molecule has 2 aliphatic heterocycles. The van der Waals surface area contributed by atoms with Gasteiger partial charge in [0, 0.05) is 36.7 Å². The van der Waals surface area contributed by atoms with Crippen LogP contribution in [0.3, 0.4) is 0 Å². The summed E-state index contributed by atoms with van der Waals surface area (Å²) in [7, 11) is 10.9. The maximum atomic E-state index is 13.3. The van der Waals surface area contributed by atoms with Gasteiger partial charge in [0.2, 0.25) is 0 Å². The molecule has 3 radical (unpaired) electrons. The largest absolute Gasteiger partial charge is 0.488 e. The standard InChI is InChI=1S/C28H23B2N4O2/c1-33-13-22-18(8-9-24(25(22)32-33)36-17-6-7-17)16-11-20(15-4-5-15)21-14-34-27(35)19-3-2-10-31-26(19)28(34,29)30-23(21)12-16/h2-3,8-13,15,17H,4-7,14H2,1H3. The lowest BCUT2D eigenvalue weighted by atomic mass is 9.41. The fraction of sp³-hybridized carbons (Fsp3) is 0.321. The highest BCUT2D eigenvalue weighted by molar-refractivity contribution is 6.67. The number of nitrogens with zero attached hydrogens (tertiary/aromatic N) is 4. The molecule has 0 spiro atoms. The summed E-state index contributed by atoms with van der Waals surface area (Å²) >= 11 is 0. The van der Waals surface area contributed by atoms with Gasteiger partial charge in [-0.3, -0.25) is 14.5 Å². The number of ether oxygens (including phenoxy) is 1. The highest BCUT2D eigenvalue weighted by Crippen LogP contribution is 2.47. The summed E-state index contributed by atoms with van der Waals surface area (Å²) in [5.74, 6) is 1.33. The molecular weight excluding hydrogens is 446 g/mol. The molecule has 36 heavy (non-hydrogen) atoms. The summed E-state index contributed by atoms with van der Waals surface area (Å²) in [5.41, 5.74) is 8.04. The number of aryl methyl sites for hydroxylation is 1. The highest BCUT2D eigenvalue weighted by Gasteiger charge is 2.50. The molecule has 6 nitrogen and oxygen atoms in total. The van der Waals surface area contributed by atoms with Crippen LogP contribution in [0.5, 0.6) is 5.75 Å². The zero-order valence-electron chi connectivity index (χ0n) is 20.1. The van der Waals surface area contributed by atoms with Crippen LogP contribution in [-0.2, 0) is 18.9 Å². The predicted octanol–water partition coefficient (Wildman–Crippen LogP) is 3.33. The molecule has 2 aliphatic carbocycles. The minimum Gasteiger partial charge on any atom is -0.488 e. The number of pyridine rings is 1. The van der Waals surface area contributed by atoms with Crippen molar-refractivity contribution in [3.05, 3.63) is 71.2 Å². The minimum atomic E-state index is -1.04. The smallest absolute Gasteiger partial charge is 0.255 e. The van der Waals surface area contributed by atoms with Crippen molar-refractivity contribution >= 4 is 37.4 Å². The van der Waals surface area contributed by atoms with E-state index in [1.165, 1.54) is 24.0 Å². The lowest BCUT2D eigenvalue weighted by Gasteiger charge is -2.41. The first-order valence-corrected chi connectivity index (χ1v) is 12.7. The maximum Gasteiger partial charge on any atom is 0.255 e. The van der Waals surface area contributed by atoms with Crippen LogP contribution in [0.15, 0.2) is 48.8 Å². The zero-order valence-corrected chi connectivity index (χ0v) is 20.1. The van der Waals surface area contributed by atoms with Gasteiger partial charge in [-0.25, -0.2) is 0 Å². The summed E-state index contributed by atoms with van der Waals surface area (Å²) in [5, 5.41) is 4.78. The van der Waals surface area contributed by atoms with Crippen molar-refractivity contribution in [2.45, 2.75) is 49.6 Å². The summed E-state index contributed by atoms with van der Waals surface area (Å²) in [6.07, 6.45) is 8.68. The third-order valence-electron chi connectivity index (χ3n) is 8.02. The first kappa shape index (κ1) is 20.6. The highest BCUT2D eigenvalue weighted by atomic mass is 16.5. The van der Waals surface area contributed by atoms with Crippen LogP contribution in [0.2, 0.25) is 0 Å². The Bertz CT molecular complexity index is 1610. The quantitative estimate of drug-likeness (QED) is 0.431. The Morgan fingerprint density at radius 1 is 1.14 bits per heavy atom. The van der Waals surface area contributed by atoms with E-state index in [9.17, 15) is 4.79 Å². The van der Waals surface area contributed by atoms with Gasteiger partial charge in [0.05, 0.1) is 17.4 Å². The van der Waals surface area contributed by atoms with Gasteiger partial charge in [-0.15, -0.1) is 0 Å². The molecule has 0 saturated heterocycles. The van der Waals surface area contributed by atoms with E-state index in [0.717, 1.165) is 46.1 Å². The van der Waals surface area contributed by atoms with Crippen molar-refractivity contribution in [2.75, 3.05) is 0 Å². The number of amides is 1. The van der Waals surface area contributed by atoms with Gasteiger partial charge in [0.1, 0.15) is 19.1 Å². The van der Waals surface area contributed by atoms with E-state index in [4.69, 9.17) is 17.7 Å². The Kier molecular flexibility index (Phi) is 4.03. The normalized spacial score (nSPS) is 22.2. The van der Waals surface area contributed by atoms with E-state index in [-0.39, 0.29) is 5.91 Å². The molecule has 2 aromatic heterocycles. The average Bonchev–Trinajstić information content (AvgIpc) is 3.80. The van der Waals surface area contributed by atoms with E-state index in [0.29, 0.717) is 29.8 Å². The van der Waals surface area contributed by atoms with Crippen molar-refractivity contribution in [3.63, 3.8) is 0 Å². The predicted molar refractivity (Wildman–Crippen MR) is 139 cm³/mol. The second-order valence-electron chi connectivity index (χ2n) is 10.7. The first-order chi connectivity index (χ1) is 17.5. The van der Waals surface area contributed by atoms with Crippen LogP contribution >= 0.6 is 0 Å². The van der Waals surface area contributed by atoms with Gasteiger partial charge in [-0.05, 0) is 78.1 Å². The molecule has 2 saturated carbocycles. The average molecular weight is 469 g/mol. The summed E-state index contributed by atoms with van der Waals surface area (Å²) in [4.78, 5) is 19.6. The topological polar surface area (TPSA) is 60.2 Å². The van der Waals surface area contributed by atoms with Gasteiger partial charge in [-0.1, -0.05) is 17.6 Å². The monoisotopic (exact) mass is 469 g/mol. The Morgan fingerprint density at radius 3 is 2.81 bits per heavy atom. The molecular formula is C28H23B2N4O2. The lowest BCUT2D eigenvalue weighted by molar-refractivity contribution is 0.0725. The van der Waals surface area contributed by atoms with Crippen LogP contribution in [-0.4, -0.2) is 46.8 Å². The number of fused-ring (bicyclic) bond motifs is 5. The first-order valence-electron chi connectivity index (χ1n) is 12.7. The molecule has 1 unspecified atom stereocenters. The van der Waals surface area contributed by atoms with Crippen LogP contribution in [0.25, 0.3) is 22.0 Å². The number of aromatic nitrogens is 3. The Labute approximate surface area is 211 Å². The number of carbonyl (C=O) groups is 1. The van der Waals surface area contributed by atoms with Gasteiger partial charge < -0.3 is 9.64 Å². The third kappa shape index (κ3) is 2.90. The van der Waals surface area contributed by atoms with Gasteiger partial charge in [0.15, 0.2) is 7.28 Å². The summed E-state index contributed by atoms with van der Waals surface area (Å²) < 4.78 is 8.03. The molecule has 4 heterocycles. The summed E-state index contributed by atoms with van der Waals surface area (Å²) in [6.45, 7) is 0.500. The number of rotatable bonds is 4. The van der Waals surface area contributed by atoms with Gasteiger partial charge in [-0.2, -0.15) is 5.10 Å². The van der Waals surface area contributed by atoms with Crippen molar-refractivity contribution in [2.24, 2.45) is 7.05 Å². The molecule has 4 aromatic rings. The van der Waals surface area contributed by atoms with Gasteiger partial charge >= 0.3 is 0 Å². The van der Waals surface area contributed by atoms with Crippen molar-refractivity contribution < 1.29 is 9.53 Å². The molecule has 8 heteroatoms. The van der Waals surface area contributed by atoms with Crippen molar-refractivity contribution in [3.8, 4) is 16.9 Å². The fourth-order valence-corrected chi connectivity index (χ4v) is 5.93. The second-order valence-corrected chi connectivity index (χ2v) is 10.7. The SMILES string of the molecule is [B]C12[B]c3cc(-c4ccc(OC5CC5)c5nn(C)cc45)cc(C4CC4)c3CN1C(=O)c1cccnc12. The Hall–Kier alpha value is -3.54. The molecule has 0 bridgehead atoms. The molecule has 8 rings (SSSR count). The van der Waals surface area contributed by atoms with Crippen LogP contribution in [0.1, 0.15) is 58.8 Å². The minimum absolute atomic E-state index is 0.0448. The Morgan fingerprint density at radius 2 is 2.00 bits per heavy atom. The van der Waals surface area contributed by atoms with Crippen molar-refractivity contribution in [1.29, 1.82) is 0 Å². The Balaban J connectivity index is 1.29. The third-order valence-corrected chi connectivity index (χ3v) is 8.02. The van der Waals surface area contributed by atoms with E-state index in [1.807, 2.05) is 25.1 Å². The van der Waals surface area contributed by atoms with Crippen LogP contribution < -0.4 is 10.2 Å². The molecule has 173 valence electrons. The van der Waals surface area contributed by atoms with E-state index in [1.54, 1.807) is 17.2 Å². The number of hydrogen-bond donors (Lipinski definition) is 0. The molecule has 2 fully saturated rings. The molecule has 2 aromatic carbocycles. The van der Waals surface area contributed by atoms with E-state index >= 15 is 0 Å². The lowest BCUT2D eigenvalue weighted by Crippen LogP contribution is -2.57. The number of hydrogen-bond acceptors (Lipinski definition) is 4. The second kappa shape index (κ2) is 7.02. The van der Waals surface area contributed by atoms with E-state index in [2.05, 4.69) is 35.4 Å². The number of benzene rings is 2. The van der Waals surface area contributed by atoms with E-state index < -0.39 is 5.34 Å². The zero-order chi connectivity index (χ0) is 24.2. The number of carbonyl (C=O) groups excluding carboxylic acids is 1. The molecule has 1 atom stereocenters. The van der Waals surface area contributed by atoms with Crippen molar-refractivity contribution in [1.82, 2.24) is 19.7 Å².